The van der Waals surface area contributed by atoms with E-state index in [1.807, 2.05) is 24.3 Å². The quantitative estimate of drug-likeness (QED) is 0.934. The van der Waals surface area contributed by atoms with Gasteiger partial charge < -0.3 is 14.4 Å². The number of hydrogen-bond acceptors (Lipinski definition) is 3. The molecular weight excluding hydrogens is 306 g/mol. The van der Waals surface area contributed by atoms with Gasteiger partial charge >= 0.3 is 5.97 Å². The van der Waals surface area contributed by atoms with Crippen LogP contribution < -0.4 is 0 Å². The molecule has 0 saturated carbocycles. The summed E-state index contributed by atoms with van der Waals surface area (Å²) >= 11 is 0. The van der Waals surface area contributed by atoms with Crippen molar-refractivity contribution in [3.05, 3.63) is 65.1 Å². The lowest BCUT2D eigenvalue weighted by Crippen LogP contribution is -2.34. The predicted molar refractivity (Wildman–Crippen MR) is 90.0 cm³/mol. The highest BCUT2D eigenvalue weighted by Crippen LogP contribution is 2.24. The fourth-order valence-electron chi connectivity index (χ4n) is 2.90. The molecule has 1 N–H and O–H groups in total. The van der Waals surface area contributed by atoms with E-state index in [1.165, 1.54) is 17.2 Å². The number of carboxylic acid groups (broad SMARTS) is 1. The number of carbonyl (C=O) groups excluding carboxylic acids is 1. The van der Waals surface area contributed by atoms with Gasteiger partial charge in [-0.1, -0.05) is 43.3 Å². The average molecular weight is 325 g/mol. The van der Waals surface area contributed by atoms with Crippen LogP contribution in [-0.4, -0.2) is 35.0 Å². The summed E-state index contributed by atoms with van der Waals surface area (Å²) in [6.07, 6.45) is 3.24. The smallest absolute Gasteiger partial charge is 0.339 e. The maximum atomic E-state index is 12.6. The second-order valence-corrected chi connectivity index (χ2v) is 5.70. The number of benzene rings is 1. The number of amides is 1. The highest BCUT2D eigenvalue weighted by atomic mass is 16.4. The van der Waals surface area contributed by atoms with Crippen LogP contribution in [0.15, 0.2) is 46.9 Å². The van der Waals surface area contributed by atoms with E-state index in [-0.39, 0.29) is 17.2 Å². The van der Waals surface area contributed by atoms with Crippen molar-refractivity contribution in [2.45, 2.75) is 19.8 Å². The van der Waals surface area contributed by atoms with Crippen LogP contribution >= 0.6 is 0 Å². The number of hydrogen-bond donors (Lipinski definition) is 1. The minimum atomic E-state index is -1.07. The van der Waals surface area contributed by atoms with Crippen LogP contribution in [0.2, 0.25) is 0 Å². The van der Waals surface area contributed by atoms with Crippen molar-refractivity contribution < 1.29 is 19.1 Å². The van der Waals surface area contributed by atoms with Crippen LogP contribution in [0.1, 0.15) is 45.6 Å². The van der Waals surface area contributed by atoms with Gasteiger partial charge in [0, 0.05) is 25.6 Å². The minimum absolute atomic E-state index is 0.0679. The van der Waals surface area contributed by atoms with E-state index in [9.17, 15) is 9.59 Å². The lowest BCUT2D eigenvalue weighted by molar-refractivity contribution is 0.0692. The zero-order valence-electron chi connectivity index (χ0n) is 13.5. The molecule has 0 atom stereocenters. The van der Waals surface area contributed by atoms with Gasteiger partial charge in [-0.25, -0.2) is 4.79 Å². The van der Waals surface area contributed by atoms with Crippen LogP contribution in [-0.2, 0) is 6.42 Å². The number of carboxylic acids is 1. The van der Waals surface area contributed by atoms with E-state index >= 15 is 0 Å². The van der Waals surface area contributed by atoms with Crippen molar-refractivity contribution in [1.29, 1.82) is 0 Å². The van der Waals surface area contributed by atoms with Gasteiger partial charge in [-0.2, -0.15) is 0 Å². The lowest BCUT2D eigenvalue weighted by atomic mass is 9.99. The third-order valence-electron chi connectivity index (χ3n) is 4.21. The Morgan fingerprint density at radius 3 is 2.54 bits per heavy atom. The molecular formula is C19H19NO4. The number of furan rings is 1. The molecule has 5 heteroatoms. The van der Waals surface area contributed by atoms with E-state index in [1.54, 1.807) is 11.8 Å². The fraction of sp³-hybridized carbons (Fsp3) is 0.263. The third kappa shape index (κ3) is 3.11. The molecule has 0 fully saturated rings. The Morgan fingerprint density at radius 1 is 1.25 bits per heavy atom. The second kappa shape index (κ2) is 6.74. The van der Waals surface area contributed by atoms with Gasteiger partial charge in [-0.05, 0) is 17.6 Å². The minimum Gasteiger partial charge on any atom is -0.478 e. The van der Waals surface area contributed by atoms with Gasteiger partial charge in [0.05, 0.1) is 0 Å². The van der Waals surface area contributed by atoms with Crippen molar-refractivity contribution in [1.82, 2.24) is 4.90 Å². The van der Waals surface area contributed by atoms with Crippen molar-refractivity contribution >= 4 is 17.4 Å². The third-order valence-corrected chi connectivity index (χ3v) is 4.21. The van der Waals surface area contributed by atoms with Crippen molar-refractivity contribution in [3.63, 3.8) is 0 Å². The summed E-state index contributed by atoms with van der Waals surface area (Å²) in [5, 5.41) is 9.17. The summed E-state index contributed by atoms with van der Waals surface area (Å²) in [5.41, 5.74) is 2.46. The van der Waals surface area contributed by atoms with E-state index < -0.39 is 5.97 Å². The van der Waals surface area contributed by atoms with Crippen molar-refractivity contribution in [2.75, 3.05) is 13.1 Å². The van der Waals surface area contributed by atoms with Crippen LogP contribution in [0, 0.1) is 0 Å². The van der Waals surface area contributed by atoms with E-state index in [0.717, 1.165) is 6.42 Å². The molecule has 1 amide bonds. The maximum absolute atomic E-state index is 12.6. The number of nitrogens with zero attached hydrogens (tertiary/aromatic N) is 1. The maximum Gasteiger partial charge on any atom is 0.339 e. The summed E-state index contributed by atoms with van der Waals surface area (Å²) in [6.45, 7) is 2.88. The highest BCUT2D eigenvalue weighted by Gasteiger charge is 2.25. The molecule has 124 valence electrons. The zero-order chi connectivity index (χ0) is 17.1. The molecule has 0 unspecified atom stereocenters. The van der Waals surface area contributed by atoms with E-state index in [2.05, 4.69) is 12.1 Å². The Morgan fingerprint density at radius 2 is 2.00 bits per heavy atom. The van der Waals surface area contributed by atoms with Gasteiger partial charge in [-0.15, -0.1) is 0 Å². The van der Waals surface area contributed by atoms with Gasteiger partial charge in [-0.3, -0.25) is 4.79 Å². The van der Waals surface area contributed by atoms with E-state index in [4.69, 9.17) is 9.52 Å². The Labute approximate surface area is 140 Å². The molecule has 0 saturated heterocycles. The van der Waals surface area contributed by atoms with Crippen LogP contribution in [0.3, 0.4) is 0 Å². The normalized spacial score (nSPS) is 14.4. The molecule has 1 aromatic carbocycles. The summed E-state index contributed by atoms with van der Waals surface area (Å²) in [4.78, 5) is 25.4. The predicted octanol–water partition coefficient (Wildman–Crippen LogP) is 3.47. The Hall–Kier alpha value is -2.82. The molecule has 3 rings (SSSR count). The molecule has 0 aliphatic carbocycles. The fourth-order valence-corrected chi connectivity index (χ4v) is 2.90. The first kappa shape index (κ1) is 16.1. The monoisotopic (exact) mass is 325 g/mol. The van der Waals surface area contributed by atoms with Crippen LogP contribution in [0.25, 0.3) is 5.57 Å². The first-order valence-electron chi connectivity index (χ1n) is 8.00. The summed E-state index contributed by atoms with van der Waals surface area (Å²) < 4.78 is 5.46. The molecule has 2 heterocycles. The van der Waals surface area contributed by atoms with Gasteiger partial charge in [0.1, 0.15) is 11.3 Å². The first-order valence-corrected chi connectivity index (χ1v) is 8.00. The highest BCUT2D eigenvalue weighted by molar-refractivity contribution is 5.96. The molecule has 1 aromatic heterocycles. The summed E-state index contributed by atoms with van der Waals surface area (Å²) in [5.74, 6) is -0.899. The molecule has 2 aromatic rings. The molecule has 1 aliphatic heterocycles. The zero-order valence-corrected chi connectivity index (χ0v) is 13.5. The molecule has 0 bridgehead atoms. The molecule has 24 heavy (non-hydrogen) atoms. The Kier molecular flexibility index (Phi) is 4.51. The Balaban J connectivity index is 1.76. The number of aryl methyl sites for hydroxylation is 1. The largest absolute Gasteiger partial charge is 0.478 e. The van der Waals surface area contributed by atoms with Crippen molar-refractivity contribution in [2.24, 2.45) is 0 Å². The van der Waals surface area contributed by atoms with Gasteiger partial charge in [0.2, 0.25) is 0 Å². The van der Waals surface area contributed by atoms with Gasteiger partial charge in [0.15, 0.2) is 5.76 Å². The standard InChI is InChI=1S/C19H19NO4/c1-2-16-15(19(22)23)12-17(24-16)18(21)20-10-8-14(9-11-20)13-6-4-3-5-7-13/h3-8,12H,2,9-11H2,1H3,(H,22,23). The van der Waals surface area contributed by atoms with Crippen LogP contribution in [0.4, 0.5) is 0 Å². The molecule has 0 radical (unpaired) electrons. The average Bonchev–Trinajstić information content (AvgIpc) is 3.07. The van der Waals surface area contributed by atoms with E-state index in [0.29, 0.717) is 25.3 Å². The van der Waals surface area contributed by atoms with Gasteiger partial charge in [0.25, 0.3) is 5.91 Å². The molecule has 5 nitrogen and oxygen atoms in total. The summed E-state index contributed by atoms with van der Waals surface area (Å²) in [6, 6.07) is 11.4. The first-order chi connectivity index (χ1) is 11.6. The SMILES string of the molecule is CCc1oc(C(=O)N2CC=C(c3ccccc3)CC2)cc1C(=O)O. The number of carbonyl (C=O) groups is 2. The Bertz CT molecular complexity index is 789. The lowest BCUT2D eigenvalue weighted by Gasteiger charge is -2.25. The number of aromatic carboxylic acids is 1. The van der Waals surface area contributed by atoms with Crippen LogP contribution in [0.5, 0.6) is 0 Å². The number of rotatable bonds is 4. The van der Waals surface area contributed by atoms with Crippen molar-refractivity contribution in [3.8, 4) is 0 Å². The molecule has 1 aliphatic rings. The topological polar surface area (TPSA) is 70.8 Å². The second-order valence-electron chi connectivity index (χ2n) is 5.70. The molecule has 0 spiro atoms. The summed E-state index contributed by atoms with van der Waals surface area (Å²) in [7, 11) is 0.